The number of pyridine rings is 1. The highest BCUT2D eigenvalue weighted by Gasteiger charge is 2.34. The molecule has 0 fully saturated rings. The summed E-state index contributed by atoms with van der Waals surface area (Å²) in [4.78, 5) is 17.4. The van der Waals surface area contributed by atoms with Gasteiger partial charge < -0.3 is 4.74 Å². The predicted molar refractivity (Wildman–Crippen MR) is 170 cm³/mol. The van der Waals surface area contributed by atoms with E-state index in [9.17, 15) is 4.79 Å². The van der Waals surface area contributed by atoms with Gasteiger partial charge in [0.1, 0.15) is 5.75 Å². The lowest BCUT2D eigenvalue weighted by Crippen LogP contribution is -2.34. The second kappa shape index (κ2) is 17.7. The molecule has 1 aromatic heterocycles. The van der Waals surface area contributed by atoms with Crippen LogP contribution in [0.4, 0.5) is 4.39 Å². The molecular formula is C37H50FNO2. The van der Waals surface area contributed by atoms with Crippen molar-refractivity contribution in [2.45, 2.75) is 123 Å². The molecule has 0 bridgehead atoms. The summed E-state index contributed by atoms with van der Waals surface area (Å²) >= 11 is 0. The van der Waals surface area contributed by atoms with Crippen molar-refractivity contribution < 1.29 is 13.9 Å². The molecule has 3 aromatic rings. The van der Waals surface area contributed by atoms with E-state index >= 15 is 4.39 Å². The van der Waals surface area contributed by atoms with Gasteiger partial charge in [0.05, 0.1) is 5.69 Å². The highest BCUT2D eigenvalue weighted by Crippen LogP contribution is 2.32. The Labute approximate surface area is 248 Å². The maximum absolute atomic E-state index is 15.1. The number of ether oxygens (including phenoxy) is 1. The number of aryl methyl sites for hydroxylation is 1. The van der Waals surface area contributed by atoms with E-state index in [4.69, 9.17) is 9.72 Å². The molecule has 1 heterocycles. The summed E-state index contributed by atoms with van der Waals surface area (Å²) in [6, 6.07) is 19.8. The van der Waals surface area contributed by atoms with E-state index in [1.165, 1.54) is 76.7 Å². The maximum Gasteiger partial charge on any atom is 0.348 e. The number of benzene rings is 2. The molecule has 0 amide bonds. The van der Waals surface area contributed by atoms with Crippen LogP contribution in [0.15, 0.2) is 66.9 Å². The molecule has 0 saturated carbocycles. The number of unbranched alkanes of at least 4 members (excludes halogenated alkanes) is 11. The molecule has 4 heteroatoms. The van der Waals surface area contributed by atoms with Gasteiger partial charge in [-0.3, -0.25) is 4.98 Å². The lowest BCUT2D eigenvalue weighted by molar-refractivity contribution is -0.147. The zero-order valence-corrected chi connectivity index (χ0v) is 25.6. The number of carbonyl (C=O) groups is 1. The summed E-state index contributed by atoms with van der Waals surface area (Å²) in [5.41, 5.74) is 3.32. The zero-order valence-electron chi connectivity index (χ0n) is 25.6. The lowest BCUT2D eigenvalue weighted by atomic mass is 9.96. The van der Waals surface area contributed by atoms with Crippen LogP contribution in [0.3, 0.4) is 0 Å². The molecule has 0 aliphatic heterocycles. The smallest absolute Gasteiger partial charge is 0.348 e. The molecule has 222 valence electrons. The summed E-state index contributed by atoms with van der Waals surface area (Å²) in [5, 5.41) is 0. The van der Waals surface area contributed by atoms with Gasteiger partial charge >= 0.3 is 5.97 Å². The van der Waals surface area contributed by atoms with Crippen molar-refractivity contribution >= 4 is 5.97 Å². The number of aromatic nitrogens is 1. The summed E-state index contributed by atoms with van der Waals surface area (Å²) in [6.45, 7) is 5.78. The van der Waals surface area contributed by atoms with Crippen LogP contribution in [0.5, 0.6) is 5.75 Å². The quantitative estimate of drug-likeness (QED) is 0.0833. The topological polar surface area (TPSA) is 39.2 Å². The highest BCUT2D eigenvalue weighted by molar-refractivity contribution is 5.83. The summed E-state index contributed by atoms with van der Waals surface area (Å²) in [7, 11) is 0. The Morgan fingerprint density at radius 2 is 1.32 bits per heavy atom. The van der Waals surface area contributed by atoms with Crippen molar-refractivity contribution in [3.8, 4) is 28.1 Å². The Bertz CT molecular complexity index is 1150. The van der Waals surface area contributed by atoms with Crippen LogP contribution in [0.2, 0.25) is 0 Å². The van der Waals surface area contributed by atoms with Crippen molar-refractivity contribution in [3.05, 3.63) is 72.4 Å². The standard InChI is InChI=1S/C37H50FNO2/c1-4-6-8-10-12-14-18-28-37(3,38)36(40)41-32-25-23-31(24-26-32)33-20-16-17-21-34(33)35-27-22-30(29-39-35)19-15-13-11-9-7-5-2/h16-17,20-27,29H,4-15,18-19,28H2,1-3H3. The molecular weight excluding hydrogens is 509 g/mol. The molecule has 3 rings (SSSR count). The van der Waals surface area contributed by atoms with Crippen molar-refractivity contribution in [1.29, 1.82) is 0 Å². The number of carbonyl (C=O) groups excluding carboxylic acids is 1. The van der Waals surface area contributed by atoms with Gasteiger partial charge in [0.15, 0.2) is 0 Å². The monoisotopic (exact) mass is 559 g/mol. The molecule has 2 aromatic carbocycles. The van der Waals surface area contributed by atoms with Gasteiger partial charge in [-0.2, -0.15) is 0 Å². The van der Waals surface area contributed by atoms with Gasteiger partial charge in [-0.25, -0.2) is 9.18 Å². The number of esters is 1. The van der Waals surface area contributed by atoms with E-state index in [1.54, 1.807) is 12.1 Å². The Morgan fingerprint density at radius 1 is 0.732 bits per heavy atom. The van der Waals surface area contributed by atoms with Crippen LogP contribution < -0.4 is 4.74 Å². The summed E-state index contributed by atoms with van der Waals surface area (Å²) in [5.74, 6) is -0.460. The van der Waals surface area contributed by atoms with E-state index in [-0.39, 0.29) is 6.42 Å². The Balaban J connectivity index is 1.55. The van der Waals surface area contributed by atoms with Crippen LogP contribution in [-0.4, -0.2) is 16.6 Å². The van der Waals surface area contributed by atoms with E-state index in [0.29, 0.717) is 12.2 Å². The molecule has 0 N–H and O–H groups in total. The summed E-state index contributed by atoms with van der Waals surface area (Å²) in [6.07, 6.45) is 18.6. The fraction of sp³-hybridized carbons (Fsp3) is 0.514. The average Bonchev–Trinajstić information content (AvgIpc) is 2.99. The van der Waals surface area contributed by atoms with Gasteiger partial charge in [0, 0.05) is 11.8 Å². The minimum Gasteiger partial charge on any atom is -0.424 e. The Kier molecular flexibility index (Phi) is 14.1. The van der Waals surface area contributed by atoms with Crippen molar-refractivity contribution in [2.24, 2.45) is 0 Å². The first-order valence-electron chi connectivity index (χ1n) is 16.0. The SMILES string of the molecule is CCCCCCCCCC(C)(F)C(=O)Oc1ccc(-c2ccccc2-c2ccc(CCCCCCCC)cn2)cc1. The average molecular weight is 560 g/mol. The third-order valence-corrected chi connectivity index (χ3v) is 7.90. The largest absolute Gasteiger partial charge is 0.424 e. The van der Waals surface area contributed by atoms with Crippen LogP contribution in [-0.2, 0) is 11.2 Å². The predicted octanol–water partition coefficient (Wildman–Crippen LogP) is 11.1. The van der Waals surface area contributed by atoms with Crippen LogP contribution in [0.1, 0.15) is 116 Å². The van der Waals surface area contributed by atoms with Crippen LogP contribution in [0.25, 0.3) is 22.4 Å². The lowest BCUT2D eigenvalue weighted by Gasteiger charge is -2.18. The van der Waals surface area contributed by atoms with Gasteiger partial charge in [-0.15, -0.1) is 0 Å². The third kappa shape index (κ3) is 11.1. The van der Waals surface area contributed by atoms with Crippen molar-refractivity contribution in [2.75, 3.05) is 0 Å². The molecule has 0 spiro atoms. The fourth-order valence-electron chi connectivity index (χ4n) is 5.23. The van der Waals surface area contributed by atoms with E-state index in [1.807, 2.05) is 30.5 Å². The number of nitrogens with zero attached hydrogens (tertiary/aromatic N) is 1. The van der Waals surface area contributed by atoms with Gasteiger partial charge in [0.2, 0.25) is 5.67 Å². The highest BCUT2D eigenvalue weighted by atomic mass is 19.1. The van der Waals surface area contributed by atoms with Crippen molar-refractivity contribution in [3.63, 3.8) is 0 Å². The minimum atomic E-state index is -1.98. The second-order valence-corrected chi connectivity index (χ2v) is 11.6. The minimum absolute atomic E-state index is 0.190. The van der Waals surface area contributed by atoms with E-state index in [0.717, 1.165) is 41.6 Å². The third-order valence-electron chi connectivity index (χ3n) is 7.90. The van der Waals surface area contributed by atoms with E-state index < -0.39 is 11.6 Å². The van der Waals surface area contributed by atoms with Crippen molar-refractivity contribution in [1.82, 2.24) is 4.98 Å². The Hall–Kier alpha value is -3.01. The molecule has 1 unspecified atom stereocenters. The maximum atomic E-state index is 15.1. The number of rotatable bonds is 19. The first-order valence-corrected chi connectivity index (χ1v) is 16.0. The summed E-state index contributed by atoms with van der Waals surface area (Å²) < 4.78 is 20.5. The number of alkyl halides is 1. The molecule has 0 radical (unpaired) electrons. The molecule has 0 saturated heterocycles. The molecule has 1 atom stereocenters. The molecule has 3 nitrogen and oxygen atoms in total. The molecule has 0 aliphatic carbocycles. The number of hydrogen-bond donors (Lipinski definition) is 0. The van der Waals surface area contributed by atoms with Gasteiger partial charge in [0.25, 0.3) is 0 Å². The number of hydrogen-bond acceptors (Lipinski definition) is 3. The molecule has 41 heavy (non-hydrogen) atoms. The second-order valence-electron chi connectivity index (χ2n) is 11.6. The van der Waals surface area contributed by atoms with E-state index in [2.05, 4.69) is 38.1 Å². The van der Waals surface area contributed by atoms with Crippen LogP contribution in [0, 0.1) is 0 Å². The Morgan fingerprint density at radius 3 is 1.93 bits per heavy atom. The first kappa shape index (κ1) is 32.5. The van der Waals surface area contributed by atoms with Crippen LogP contribution >= 0.6 is 0 Å². The fourth-order valence-corrected chi connectivity index (χ4v) is 5.23. The zero-order chi connectivity index (χ0) is 29.3. The van der Waals surface area contributed by atoms with Gasteiger partial charge in [-0.05, 0) is 67.5 Å². The first-order chi connectivity index (χ1) is 19.9. The normalized spacial score (nSPS) is 12.7. The van der Waals surface area contributed by atoms with Gasteiger partial charge in [-0.1, -0.05) is 127 Å². The number of halogens is 1. The molecule has 0 aliphatic rings.